The largest absolute Gasteiger partial charge is 0.398 e. The van der Waals surface area contributed by atoms with Crippen molar-refractivity contribution in [1.82, 2.24) is 5.32 Å². The summed E-state index contributed by atoms with van der Waals surface area (Å²) >= 11 is 5.18. The minimum Gasteiger partial charge on any atom is -0.398 e. The van der Waals surface area contributed by atoms with Crippen molar-refractivity contribution in [2.45, 2.75) is 13.3 Å². The maximum atomic E-state index is 11.8. The summed E-state index contributed by atoms with van der Waals surface area (Å²) < 4.78 is 0.813. The van der Waals surface area contributed by atoms with Gasteiger partial charge in [0, 0.05) is 22.3 Å². The maximum Gasteiger partial charge on any atom is 0.251 e. The Kier molecular flexibility index (Phi) is 6.44. The molecule has 0 spiro atoms. The highest BCUT2D eigenvalue weighted by Gasteiger charge is 2.06. The first-order chi connectivity index (χ1) is 8.15. The first kappa shape index (κ1) is 14.4. The van der Waals surface area contributed by atoms with Gasteiger partial charge in [0.05, 0.1) is 0 Å². The van der Waals surface area contributed by atoms with E-state index in [1.807, 2.05) is 11.8 Å². The third-order valence-electron chi connectivity index (χ3n) is 2.21. The Balaban J connectivity index is 2.39. The van der Waals surface area contributed by atoms with E-state index in [0.717, 1.165) is 22.4 Å². The molecule has 0 atom stereocenters. The number of thioether (sulfide) groups is 1. The van der Waals surface area contributed by atoms with Crippen molar-refractivity contribution in [3.63, 3.8) is 0 Å². The van der Waals surface area contributed by atoms with Gasteiger partial charge < -0.3 is 11.1 Å². The van der Waals surface area contributed by atoms with Gasteiger partial charge in [-0.15, -0.1) is 0 Å². The van der Waals surface area contributed by atoms with Gasteiger partial charge in [-0.25, -0.2) is 0 Å². The number of nitrogens with two attached hydrogens (primary N) is 1. The van der Waals surface area contributed by atoms with Crippen LogP contribution in [0.25, 0.3) is 0 Å². The first-order valence-electron chi connectivity index (χ1n) is 5.56. The van der Waals surface area contributed by atoms with Gasteiger partial charge in [-0.2, -0.15) is 11.8 Å². The molecule has 0 radical (unpaired) electrons. The highest BCUT2D eigenvalue weighted by molar-refractivity contribution is 9.10. The van der Waals surface area contributed by atoms with Crippen molar-refractivity contribution in [3.05, 3.63) is 28.2 Å². The molecular formula is C12H17BrN2OS. The Morgan fingerprint density at radius 1 is 1.53 bits per heavy atom. The molecule has 0 fully saturated rings. The summed E-state index contributed by atoms with van der Waals surface area (Å²) in [6.45, 7) is 2.84. The third kappa shape index (κ3) is 5.00. The molecule has 0 bridgehead atoms. The Bertz CT molecular complexity index is 385. The summed E-state index contributed by atoms with van der Waals surface area (Å²) in [6.07, 6.45) is 0.996. The first-order valence-corrected chi connectivity index (χ1v) is 7.51. The fourth-order valence-electron chi connectivity index (χ4n) is 1.31. The summed E-state index contributed by atoms with van der Waals surface area (Å²) in [4.78, 5) is 11.8. The number of amides is 1. The van der Waals surface area contributed by atoms with E-state index in [1.54, 1.807) is 18.2 Å². The van der Waals surface area contributed by atoms with E-state index in [2.05, 4.69) is 28.2 Å². The number of carbonyl (C=O) groups excluding carboxylic acids is 1. The summed E-state index contributed by atoms with van der Waals surface area (Å²) in [7, 11) is 0. The average Bonchev–Trinajstić information content (AvgIpc) is 2.32. The molecule has 5 heteroatoms. The summed E-state index contributed by atoms with van der Waals surface area (Å²) in [5.74, 6) is 2.14. The Morgan fingerprint density at radius 3 is 2.94 bits per heavy atom. The molecule has 0 saturated carbocycles. The summed E-state index contributed by atoms with van der Waals surface area (Å²) in [6, 6.07) is 5.23. The van der Waals surface area contributed by atoms with Gasteiger partial charge in [0.15, 0.2) is 0 Å². The van der Waals surface area contributed by atoms with Crippen molar-refractivity contribution in [1.29, 1.82) is 0 Å². The normalized spacial score (nSPS) is 10.2. The fraction of sp³-hybridized carbons (Fsp3) is 0.417. The molecule has 1 amide bonds. The van der Waals surface area contributed by atoms with Crippen molar-refractivity contribution >= 4 is 39.3 Å². The third-order valence-corrected chi connectivity index (χ3v) is 3.92. The monoisotopic (exact) mass is 316 g/mol. The van der Waals surface area contributed by atoms with Gasteiger partial charge in [-0.1, -0.05) is 6.92 Å². The van der Waals surface area contributed by atoms with Crippen molar-refractivity contribution in [2.24, 2.45) is 0 Å². The molecule has 0 aliphatic rings. The van der Waals surface area contributed by atoms with E-state index in [0.29, 0.717) is 17.8 Å². The number of halogens is 1. The Hall–Kier alpha value is -0.680. The van der Waals surface area contributed by atoms with E-state index in [4.69, 9.17) is 5.73 Å². The Morgan fingerprint density at radius 2 is 2.29 bits per heavy atom. The zero-order chi connectivity index (χ0) is 12.7. The molecule has 1 rings (SSSR count). The van der Waals surface area contributed by atoms with Crippen LogP contribution < -0.4 is 11.1 Å². The second-order valence-electron chi connectivity index (χ2n) is 3.54. The number of rotatable bonds is 6. The number of hydrogen-bond acceptors (Lipinski definition) is 3. The molecule has 0 heterocycles. The minimum atomic E-state index is -0.0642. The van der Waals surface area contributed by atoms with Crippen LogP contribution in [0.3, 0.4) is 0 Å². The number of carbonyl (C=O) groups is 1. The van der Waals surface area contributed by atoms with Crippen molar-refractivity contribution in [3.8, 4) is 0 Å². The highest BCUT2D eigenvalue weighted by Crippen LogP contribution is 2.20. The predicted molar refractivity (Wildman–Crippen MR) is 78.5 cm³/mol. The van der Waals surface area contributed by atoms with Gasteiger partial charge in [0.2, 0.25) is 0 Å². The molecule has 0 unspecified atom stereocenters. The van der Waals surface area contributed by atoms with Crippen LogP contribution in [0.4, 0.5) is 5.69 Å². The molecule has 0 saturated heterocycles. The van der Waals surface area contributed by atoms with E-state index in [9.17, 15) is 4.79 Å². The molecule has 1 aromatic rings. The van der Waals surface area contributed by atoms with E-state index in [1.165, 1.54) is 0 Å². The summed E-state index contributed by atoms with van der Waals surface area (Å²) in [5, 5.41) is 2.88. The van der Waals surface area contributed by atoms with Crippen LogP contribution in [0.1, 0.15) is 23.7 Å². The van der Waals surface area contributed by atoms with Gasteiger partial charge in [-0.3, -0.25) is 4.79 Å². The zero-order valence-electron chi connectivity index (χ0n) is 9.83. The van der Waals surface area contributed by atoms with Crippen LogP contribution >= 0.6 is 27.7 Å². The van der Waals surface area contributed by atoms with Crippen molar-refractivity contribution < 1.29 is 4.79 Å². The van der Waals surface area contributed by atoms with Gasteiger partial charge in [0.25, 0.3) is 5.91 Å². The quantitative estimate of drug-likeness (QED) is 0.626. The van der Waals surface area contributed by atoms with Crippen LogP contribution in [0.15, 0.2) is 22.7 Å². The SMILES string of the molecule is CCSCCCNC(=O)c1ccc(Br)c(N)c1. The molecule has 1 aromatic carbocycles. The second-order valence-corrected chi connectivity index (χ2v) is 5.79. The molecule has 3 N–H and O–H groups in total. The van der Waals surface area contributed by atoms with Crippen LogP contribution in [-0.2, 0) is 0 Å². The lowest BCUT2D eigenvalue weighted by Crippen LogP contribution is -2.24. The number of benzene rings is 1. The molecular weight excluding hydrogens is 300 g/mol. The molecule has 17 heavy (non-hydrogen) atoms. The average molecular weight is 317 g/mol. The van der Waals surface area contributed by atoms with E-state index < -0.39 is 0 Å². The van der Waals surface area contributed by atoms with Gasteiger partial charge in [0.1, 0.15) is 0 Å². The van der Waals surface area contributed by atoms with E-state index in [-0.39, 0.29) is 5.91 Å². The standard InChI is InChI=1S/C12H17BrN2OS/c1-2-17-7-3-6-15-12(16)9-4-5-10(13)11(14)8-9/h4-5,8H,2-3,6-7,14H2,1H3,(H,15,16). The number of nitrogen functional groups attached to an aromatic ring is 1. The predicted octanol–water partition coefficient (Wildman–Crippen LogP) is 2.90. The highest BCUT2D eigenvalue weighted by atomic mass is 79.9. The van der Waals surface area contributed by atoms with Gasteiger partial charge in [-0.05, 0) is 52.1 Å². The van der Waals surface area contributed by atoms with Crippen LogP contribution in [0.5, 0.6) is 0 Å². The number of hydrogen-bond donors (Lipinski definition) is 2. The zero-order valence-corrected chi connectivity index (χ0v) is 12.2. The fourth-order valence-corrected chi connectivity index (χ4v) is 2.19. The topological polar surface area (TPSA) is 55.1 Å². The maximum absolute atomic E-state index is 11.8. The van der Waals surface area contributed by atoms with Gasteiger partial charge >= 0.3 is 0 Å². The van der Waals surface area contributed by atoms with Crippen LogP contribution in [-0.4, -0.2) is 24.0 Å². The molecule has 0 aliphatic heterocycles. The Labute approximate surface area is 115 Å². The van der Waals surface area contributed by atoms with Crippen molar-refractivity contribution in [2.75, 3.05) is 23.8 Å². The lowest BCUT2D eigenvalue weighted by Gasteiger charge is -2.06. The lowest BCUT2D eigenvalue weighted by molar-refractivity contribution is 0.0954. The minimum absolute atomic E-state index is 0.0642. The van der Waals surface area contributed by atoms with E-state index >= 15 is 0 Å². The summed E-state index contributed by atoms with van der Waals surface area (Å²) in [5.41, 5.74) is 6.91. The molecule has 0 aromatic heterocycles. The molecule has 94 valence electrons. The number of anilines is 1. The van der Waals surface area contributed by atoms with Crippen LogP contribution in [0.2, 0.25) is 0 Å². The smallest absolute Gasteiger partial charge is 0.251 e. The molecule has 3 nitrogen and oxygen atoms in total. The molecule has 0 aliphatic carbocycles. The lowest BCUT2D eigenvalue weighted by atomic mass is 10.2. The number of nitrogens with one attached hydrogen (secondary N) is 1. The second kappa shape index (κ2) is 7.61. The van der Waals surface area contributed by atoms with Crippen LogP contribution in [0, 0.1) is 0 Å².